The maximum Gasteiger partial charge on any atom is 0.408 e. The van der Waals surface area contributed by atoms with E-state index < -0.39 is 18.1 Å². The molecule has 0 fully saturated rings. The van der Waals surface area contributed by atoms with Crippen molar-refractivity contribution in [2.24, 2.45) is 5.73 Å². The van der Waals surface area contributed by atoms with E-state index in [1.165, 1.54) is 12.1 Å². The molecule has 1 aromatic carbocycles. The molecular weight excluding hydrogens is 245 g/mol. The van der Waals surface area contributed by atoms with Crippen molar-refractivity contribution >= 4 is 16.8 Å². The van der Waals surface area contributed by atoms with Crippen LogP contribution in [0.25, 0.3) is 10.9 Å². The second kappa shape index (κ2) is 4.04. The molecule has 2 N–H and O–H groups in total. The van der Waals surface area contributed by atoms with E-state index in [9.17, 15) is 18.0 Å². The van der Waals surface area contributed by atoms with Gasteiger partial charge in [-0.05, 0) is 19.1 Å². The third-order valence-corrected chi connectivity index (χ3v) is 2.86. The van der Waals surface area contributed by atoms with Crippen LogP contribution in [0.15, 0.2) is 30.3 Å². The number of halogens is 3. The average Bonchev–Trinajstić information content (AvgIpc) is 2.65. The van der Waals surface area contributed by atoms with Gasteiger partial charge in [0.2, 0.25) is 0 Å². The lowest BCUT2D eigenvalue weighted by atomic mass is 10.2. The van der Waals surface area contributed by atoms with E-state index in [2.05, 4.69) is 0 Å². The number of carbonyl (C=O) groups is 1. The molecule has 0 bridgehead atoms. The highest BCUT2D eigenvalue weighted by atomic mass is 19.4. The third-order valence-electron chi connectivity index (χ3n) is 2.86. The predicted octanol–water partition coefficient (Wildman–Crippen LogP) is 2.86. The average molecular weight is 256 g/mol. The van der Waals surface area contributed by atoms with E-state index in [-0.39, 0.29) is 5.69 Å². The van der Waals surface area contributed by atoms with Crippen LogP contribution in [0.1, 0.15) is 23.5 Å². The fourth-order valence-corrected chi connectivity index (χ4v) is 1.93. The first-order chi connectivity index (χ1) is 8.32. The molecule has 0 aliphatic carbocycles. The smallest absolute Gasteiger partial charge is 0.364 e. The molecule has 1 unspecified atom stereocenters. The van der Waals surface area contributed by atoms with Gasteiger partial charge in [0.15, 0.2) is 0 Å². The Labute approximate surface area is 101 Å². The summed E-state index contributed by atoms with van der Waals surface area (Å²) in [5.41, 5.74) is 5.34. The van der Waals surface area contributed by atoms with Crippen molar-refractivity contribution in [1.29, 1.82) is 0 Å². The number of fused-ring (bicyclic) bond motifs is 1. The van der Waals surface area contributed by atoms with E-state index in [4.69, 9.17) is 5.73 Å². The van der Waals surface area contributed by atoms with Gasteiger partial charge in [-0.15, -0.1) is 0 Å². The van der Waals surface area contributed by atoms with Gasteiger partial charge in [-0.25, -0.2) is 0 Å². The zero-order valence-electron chi connectivity index (χ0n) is 9.53. The fraction of sp³-hybridized carbons (Fsp3) is 0.250. The van der Waals surface area contributed by atoms with Crippen LogP contribution in [-0.2, 0) is 0 Å². The van der Waals surface area contributed by atoms with Crippen molar-refractivity contribution in [1.82, 2.24) is 4.57 Å². The van der Waals surface area contributed by atoms with Gasteiger partial charge in [0.25, 0.3) is 5.91 Å². The first-order valence-corrected chi connectivity index (χ1v) is 5.29. The third kappa shape index (κ3) is 1.94. The largest absolute Gasteiger partial charge is 0.408 e. The van der Waals surface area contributed by atoms with Crippen LogP contribution < -0.4 is 5.73 Å². The van der Waals surface area contributed by atoms with Crippen molar-refractivity contribution in [3.8, 4) is 0 Å². The molecular formula is C12H11F3N2O. The molecule has 96 valence electrons. The summed E-state index contributed by atoms with van der Waals surface area (Å²) >= 11 is 0. The zero-order chi connectivity index (χ0) is 13.5. The lowest BCUT2D eigenvalue weighted by Crippen LogP contribution is -2.28. The summed E-state index contributed by atoms with van der Waals surface area (Å²) in [4.78, 5) is 11.3. The summed E-state index contributed by atoms with van der Waals surface area (Å²) < 4.78 is 39.4. The maximum absolute atomic E-state index is 12.8. The molecule has 0 saturated heterocycles. The monoisotopic (exact) mass is 256 g/mol. The van der Waals surface area contributed by atoms with Gasteiger partial charge in [0.05, 0.1) is 0 Å². The van der Waals surface area contributed by atoms with Crippen LogP contribution in [0.3, 0.4) is 0 Å². The first kappa shape index (κ1) is 12.5. The number of nitrogens with two attached hydrogens (primary N) is 1. The molecule has 0 aliphatic heterocycles. The van der Waals surface area contributed by atoms with Gasteiger partial charge in [-0.2, -0.15) is 13.2 Å². The summed E-state index contributed by atoms with van der Waals surface area (Å²) in [6, 6.07) is 6.05. The SMILES string of the molecule is CC(n1c(C(N)=O)cc2ccccc21)C(F)(F)F. The minimum Gasteiger partial charge on any atom is -0.364 e. The molecule has 1 amide bonds. The Bertz CT molecular complexity index is 601. The van der Waals surface area contributed by atoms with Crippen molar-refractivity contribution in [3.63, 3.8) is 0 Å². The van der Waals surface area contributed by atoms with Crippen LogP contribution >= 0.6 is 0 Å². The summed E-state index contributed by atoms with van der Waals surface area (Å²) in [7, 11) is 0. The summed E-state index contributed by atoms with van der Waals surface area (Å²) in [5.74, 6) is -0.873. The molecule has 0 radical (unpaired) electrons. The molecule has 0 saturated carbocycles. The minimum absolute atomic E-state index is 0.138. The Balaban J connectivity index is 2.73. The predicted molar refractivity (Wildman–Crippen MR) is 61.2 cm³/mol. The highest BCUT2D eigenvalue weighted by Gasteiger charge is 2.39. The standard InChI is InChI=1S/C12H11F3N2O/c1-7(12(13,14)15)17-9-5-3-2-4-8(9)6-10(17)11(16)18/h2-7H,1H3,(H2,16,18). The summed E-state index contributed by atoms with van der Waals surface area (Å²) in [6.07, 6.45) is -4.44. The highest BCUT2D eigenvalue weighted by molar-refractivity contribution is 5.97. The number of hydrogen-bond acceptors (Lipinski definition) is 1. The van der Waals surface area contributed by atoms with E-state index in [1.807, 2.05) is 0 Å². The van der Waals surface area contributed by atoms with Crippen molar-refractivity contribution in [3.05, 3.63) is 36.0 Å². The number of primary amides is 1. The van der Waals surface area contributed by atoms with Crippen molar-refractivity contribution in [2.45, 2.75) is 19.1 Å². The molecule has 1 atom stereocenters. The van der Waals surface area contributed by atoms with Gasteiger partial charge in [0.1, 0.15) is 11.7 Å². The zero-order valence-corrected chi connectivity index (χ0v) is 9.53. The Kier molecular flexibility index (Phi) is 2.80. The first-order valence-electron chi connectivity index (χ1n) is 5.29. The molecule has 2 rings (SSSR count). The van der Waals surface area contributed by atoms with Gasteiger partial charge in [0, 0.05) is 10.9 Å². The lowest BCUT2D eigenvalue weighted by Gasteiger charge is -2.20. The van der Waals surface area contributed by atoms with Gasteiger partial charge in [-0.1, -0.05) is 18.2 Å². The molecule has 18 heavy (non-hydrogen) atoms. The molecule has 0 aliphatic rings. The summed E-state index contributed by atoms with van der Waals surface area (Å²) in [5, 5.41) is 0.558. The fourth-order valence-electron chi connectivity index (χ4n) is 1.93. The second-order valence-corrected chi connectivity index (χ2v) is 4.04. The second-order valence-electron chi connectivity index (χ2n) is 4.04. The lowest BCUT2D eigenvalue weighted by molar-refractivity contribution is -0.162. The number of benzene rings is 1. The Morgan fingerprint density at radius 1 is 1.33 bits per heavy atom. The van der Waals surface area contributed by atoms with E-state index in [0.29, 0.717) is 10.9 Å². The van der Waals surface area contributed by atoms with E-state index in [1.54, 1.807) is 18.2 Å². The highest BCUT2D eigenvalue weighted by Crippen LogP contribution is 2.34. The molecule has 0 spiro atoms. The van der Waals surface area contributed by atoms with Gasteiger partial charge < -0.3 is 10.3 Å². The topological polar surface area (TPSA) is 48.0 Å². The number of hydrogen-bond donors (Lipinski definition) is 1. The van der Waals surface area contributed by atoms with Crippen LogP contribution in [0.5, 0.6) is 0 Å². The number of nitrogens with zero attached hydrogens (tertiary/aromatic N) is 1. The number of aromatic nitrogens is 1. The molecule has 1 aromatic heterocycles. The molecule has 6 heteroatoms. The van der Waals surface area contributed by atoms with Crippen molar-refractivity contribution < 1.29 is 18.0 Å². The number of para-hydroxylation sites is 1. The van der Waals surface area contributed by atoms with Crippen LogP contribution in [0.2, 0.25) is 0 Å². The Morgan fingerprint density at radius 2 is 1.94 bits per heavy atom. The van der Waals surface area contributed by atoms with Crippen LogP contribution in [0, 0.1) is 0 Å². The quantitative estimate of drug-likeness (QED) is 0.882. The number of rotatable bonds is 2. The van der Waals surface area contributed by atoms with Gasteiger partial charge >= 0.3 is 6.18 Å². The number of carbonyl (C=O) groups excluding carboxylic acids is 1. The van der Waals surface area contributed by atoms with E-state index in [0.717, 1.165) is 11.5 Å². The van der Waals surface area contributed by atoms with Crippen LogP contribution in [-0.4, -0.2) is 16.7 Å². The number of amides is 1. The maximum atomic E-state index is 12.8. The molecule has 2 aromatic rings. The Hall–Kier alpha value is -1.98. The van der Waals surface area contributed by atoms with Crippen molar-refractivity contribution in [2.75, 3.05) is 0 Å². The van der Waals surface area contributed by atoms with Crippen LogP contribution in [0.4, 0.5) is 13.2 Å². The molecule has 3 nitrogen and oxygen atoms in total. The normalized spacial score (nSPS) is 13.8. The minimum atomic E-state index is -4.44. The van der Waals surface area contributed by atoms with E-state index >= 15 is 0 Å². The Morgan fingerprint density at radius 3 is 2.50 bits per heavy atom. The van der Waals surface area contributed by atoms with Gasteiger partial charge in [-0.3, -0.25) is 4.79 Å². The molecule has 1 heterocycles. The summed E-state index contributed by atoms with van der Waals surface area (Å²) in [6.45, 7) is 0.999. The number of alkyl halides is 3.